The number of para-hydroxylation sites is 1. The van der Waals surface area contributed by atoms with Crippen molar-refractivity contribution in [3.05, 3.63) is 66.8 Å². The van der Waals surface area contributed by atoms with Gasteiger partial charge in [-0.1, -0.05) is 30.0 Å². The first kappa shape index (κ1) is 19.0. The quantitative estimate of drug-likeness (QED) is 0.404. The molecule has 0 saturated carbocycles. The molecule has 0 bridgehead atoms. The minimum Gasteiger partial charge on any atom is -0.483 e. The van der Waals surface area contributed by atoms with Gasteiger partial charge in [0.1, 0.15) is 12.4 Å². The second-order valence-corrected chi connectivity index (χ2v) is 6.28. The number of hydrogen-bond acceptors (Lipinski definition) is 5. The number of rotatable bonds is 9. The highest BCUT2D eigenvalue weighted by molar-refractivity contribution is 7.98. The Morgan fingerprint density at radius 1 is 1.22 bits per heavy atom. The van der Waals surface area contributed by atoms with Gasteiger partial charge in [-0.3, -0.25) is 9.13 Å². The Bertz CT molecular complexity index is 912. The smallest absolute Gasteiger partial charge is 0.319 e. The number of aromatic nitrogens is 5. The lowest BCUT2D eigenvalue weighted by molar-refractivity contribution is 0.0678. The summed E-state index contributed by atoms with van der Waals surface area (Å²) in [5.41, 5.74) is 0. The third-order valence-electron chi connectivity index (χ3n) is 3.59. The minimum absolute atomic E-state index is 0.00793. The fourth-order valence-electron chi connectivity index (χ4n) is 2.31. The summed E-state index contributed by atoms with van der Waals surface area (Å²) in [7, 11) is 0. The van der Waals surface area contributed by atoms with Gasteiger partial charge < -0.3 is 4.74 Å². The van der Waals surface area contributed by atoms with E-state index in [9.17, 15) is 13.2 Å². The van der Waals surface area contributed by atoms with E-state index in [0.29, 0.717) is 17.5 Å². The summed E-state index contributed by atoms with van der Waals surface area (Å²) in [6.45, 7) is 1.45. The molecule has 0 atom stereocenters. The number of alkyl halides is 2. The van der Waals surface area contributed by atoms with E-state index in [2.05, 4.69) is 21.8 Å². The van der Waals surface area contributed by atoms with Crippen LogP contribution in [0.1, 0.15) is 18.2 Å². The molecule has 2 aromatic heterocycles. The van der Waals surface area contributed by atoms with Crippen LogP contribution in [0, 0.1) is 5.82 Å². The van der Waals surface area contributed by atoms with Gasteiger partial charge in [-0.2, -0.15) is 8.78 Å². The van der Waals surface area contributed by atoms with Gasteiger partial charge in [-0.15, -0.1) is 16.8 Å². The van der Waals surface area contributed by atoms with Crippen molar-refractivity contribution in [2.75, 3.05) is 0 Å². The van der Waals surface area contributed by atoms with Crippen LogP contribution >= 0.6 is 11.8 Å². The van der Waals surface area contributed by atoms with Crippen molar-refractivity contribution in [3.63, 3.8) is 0 Å². The third-order valence-corrected chi connectivity index (χ3v) is 4.55. The third kappa shape index (κ3) is 4.51. The van der Waals surface area contributed by atoms with E-state index in [1.165, 1.54) is 36.3 Å². The van der Waals surface area contributed by atoms with Crippen molar-refractivity contribution in [2.24, 2.45) is 0 Å². The molecule has 3 aromatic rings. The molecule has 0 N–H and O–H groups in total. The molecule has 0 amide bonds. The molecular formula is C17H16F3N5OS. The van der Waals surface area contributed by atoms with Crippen LogP contribution in [0.4, 0.5) is 13.2 Å². The van der Waals surface area contributed by atoms with Gasteiger partial charge in [0.05, 0.1) is 5.75 Å². The van der Waals surface area contributed by atoms with Crippen molar-refractivity contribution >= 4 is 11.8 Å². The van der Waals surface area contributed by atoms with Crippen LogP contribution in [-0.2, 0) is 18.9 Å². The zero-order chi connectivity index (χ0) is 19.2. The van der Waals surface area contributed by atoms with Crippen molar-refractivity contribution < 1.29 is 17.9 Å². The standard InChI is InChI=1S/C17H16F3N5OS/c1-2-8-25-14(10-26-13-6-4-3-5-12(13)18)22-23-17(25)27-11-15-21-7-9-24(15)16(19)20/h2-7,9,16H,1,8,10-11H2. The monoisotopic (exact) mass is 395 g/mol. The lowest BCUT2D eigenvalue weighted by Crippen LogP contribution is -2.08. The number of ether oxygens (including phenoxy) is 1. The molecule has 1 aromatic carbocycles. The highest BCUT2D eigenvalue weighted by Gasteiger charge is 2.16. The average molecular weight is 395 g/mol. The van der Waals surface area contributed by atoms with Crippen molar-refractivity contribution in [2.45, 2.75) is 30.6 Å². The van der Waals surface area contributed by atoms with Gasteiger partial charge in [-0.25, -0.2) is 9.37 Å². The predicted octanol–water partition coefficient (Wildman–Crippen LogP) is 4.07. The van der Waals surface area contributed by atoms with E-state index in [1.54, 1.807) is 22.8 Å². The summed E-state index contributed by atoms with van der Waals surface area (Å²) in [4.78, 5) is 3.94. The molecule has 0 fully saturated rings. The molecule has 0 spiro atoms. The Labute approximate surface area is 157 Å². The number of nitrogens with zero attached hydrogens (tertiary/aromatic N) is 5. The number of benzene rings is 1. The van der Waals surface area contributed by atoms with Gasteiger partial charge in [-0.05, 0) is 12.1 Å². The summed E-state index contributed by atoms with van der Waals surface area (Å²) in [6.07, 6.45) is 4.20. The Hall–Kier alpha value is -2.75. The van der Waals surface area contributed by atoms with Crippen LogP contribution in [0.3, 0.4) is 0 Å². The van der Waals surface area contributed by atoms with Crippen molar-refractivity contribution in [1.82, 2.24) is 24.3 Å². The zero-order valence-corrected chi connectivity index (χ0v) is 15.0. The van der Waals surface area contributed by atoms with E-state index in [1.807, 2.05) is 0 Å². The van der Waals surface area contributed by atoms with Gasteiger partial charge in [0.15, 0.2) is 22.5 Å². The highest BCUT2D eigenvalue weighted by Crippen LogP contribution is 2.24. The lowest BCUT2D eigenvalue weighted by Gasteiger charge is -2.10. The maximum atomic E-state index is 13.7. The number of hydrogen-bond donors (Lipinski definition) is 0. The van der Waals surface area contributed by atoms with Gasteiger partial charge in [0.2, 0.25) is 0 Å². The zero-order valence-electron chi connectivity index (χ0n) is 14.1. The largest absolute Gasteiger partial charge is 0.483 e. The molecular weight excluding hydrogens is 379 g/mol. The van der Waals surface area contributed by atoms with E-state index < -0.39 is 12.4 Å². The van der Waals surface area contributed by atoms with Crippen LogP contribution in [0.15, 0.2) is 54.5 Å². The van der Waals surface area contributed by atoms with Crippen molar-refractivity contribution in [3.8, 4) is 5.75 Å². The predicted molar refractivity (Wildman–Crippen MR) is 94.0 cm³/mol. The first-order chi connectivity index (χ1) is 13.1. The number of allylic oxidation sites excluding steroid dienone is 1. The van der Waals surface area contributed by atoms with Crippen molar-refractivity contribution in [1.29, 1.82) is 0 Å². The second kappa shape index (κ2) is 8.76. The van der Waals surface area contributed by atoms with Crippen LogP contribution < -0.4 is 4.74 Å². The molecule has 0 aliphatic rings. The van der Waals surface area contributed by atoms with Crippen LogP contribution in [0.25, 0.3) is 0 Å². The summed E-state index contributed by atoms with van der Waals surface area (Å²) in [5, 5.41) is 8.64. The Morgan fingerprint density at radius 2 is 2.04 bits per heavy atom. The molecule has 0 saturated heterocycles. The van der Waals surface area contributed by atoms with Crippen LogP contribution in [0.2, 0.25) is 0 Å². The Balaban J connectivity index is 1.72. The topological polar surface area (TPSA) is 57.8 Å². The molecule has 142 valence electrons. The van der Waals surface area contributed by atoms with Crippen LogP contribution in [-0.4, -0.2) is 24.3 Å². The summed E-state index contributed by atoms with van der Waals surface area (Å²) < 4.78 is 47.5. The van der Waals surface area contributed by atoms with E-state index >= 15 is 0 Å². The van der Waals surface area contributed by atoms with E-state index in [0.717, 1.165) is 4.57 Å². The molecule has 0 radical (unpaired) electrons. The van der Waals surface area contributed by atoms with Crippen LogP contribution in [0.5, 0.6) is 5.75 Å². The fraction of sp³-hybridized carbons (Fsp3) is 0.235. The number of halogens is 3. The molecule has 2 heterocycles. The Morgan fingerprint density at radius 3 is 2.78 bits per heavy atom. The molecule has 3 rings (SSSR count). The van der Waals surface area contributed by atoms with E-state index in [4.69, 9.17) is 4.74 Å². The maximum Gasteiger partial charge on any atom is 0.319 e. The number of imidazole rings is 1. The highest BCUT2D eigenvalue weighted by atomic mass is 32.2. The van der Waals surface area contributed by atoms with E-state index in [-0.39, 0.29) is 23.9 Å². The maximum absolute atomic E-state index is 13.7. The Kier molecular flexibility index (Phi) is 6.17. The first-order valence-corrected chi connectivity index (χ1v) is 8.91. The molecule has 0 aliphatic carbocycles. The molecule has 0 aliphatic heterocycles. The molecule has 0 unspecified atom stereocenters. The second-order valence-electron chi connectivity index (χ2n) is 5.33. The minimum atomic E-state index is -2.65. The average Bonchev–Trinajstić information content (AvgIpc) is 3.27. The van der Waals surface area contributed by atoms with Gasteiger partial charge >= 0.3 is 6.55 Å². The normalized spacial score (nSPS) is 11.1. The van der Waals surface area contributed by atoms with Gasteiger partial charge in [0, 0.05) is 18.9 Å². The first-order valence-electron chi connectivity index (χ1n) is 7.93. The summed E-state index contributed by atoms with van der Waals surface area (Å²) >= 11 is 1.22. The molecule has 10 heteroatoms. The molecule has 27 heavy (non-hydrogen) atoms. The lowest BCUT2D eigenvalue weighted by atomic mass is 10.3. The SMILES string of the molecule is C=CCn1c(COc2ccccc2F)nnc1SCc1nccn1C(F)F. The van der Waals surface area contributed by atoms with Gasteiger partial charge in [0.25, 0.3) is 0 Å². The molecule has 6 nitrogen and oxygen atoms in total. The summed E-state index contributed by atoms with van der Waals surface area (Å²) in [5.74, 6) is 0.533. The fourth-order valence-corrected chi connectivity index (χ4v) is 3.23. The number of thioether (sulfide) groups is 1. The summed E-state index contributed by atoms with van der Waals surface area (Å²) in [6, 6.07) is 6.05.